The second-order valence-electron chi connectivity index (χ2n) is 5.92. The first kappa shape index (κ1) is 15.8. The van der Waals surface area contributed by atoms with E-state index in [9.17, 15) is 4.79 Å². The summed E-state index contributed by atoms with van der Waals surface area (Å²) in [5, 5.41) is 3.15. The summed E-state index contributed by atoms with van der Waals surface area (Å²) in [6.45, 7) is 6.89. The van der Waals surface area contributed by atoms with Crippen molar-refractivity contribution in [2.24, 2.45) is 0 Å². The van der Waals surface area contributed by atoms with Crippen LogP contribution in [0.1, 0.15) is 55.5 Å². The molecule has 21 heavy (non-hydrogen) atoms. The molecule has 1 heterocycles. The standard InChI is InChI=1S/C17H26N2O2/c1-4-17(5-2)11-13(9-10-21-17)19-16(20)14-7-6-8-15(18)12(14)3/h6-8,13H,4-5,9-11,18H2,1-3H3,(H,19,20). The summed E-state index contributed by atoms with van der Waals surface area (Å²) in [7, 11) is 0. The molecule has 4 heteroatoms. The average molecular weight is 290 g/mol. The Bertz CT molecular complexity index is 510. The summed E-state index contributed by atoms with van der Waals surface area (Å²) < 4.78 is 5.95. The predicted molar refractivity (Wildman–Crippen MR) is 85.3 cm³/mol. The van der Waals surface area contributed by atoms with E-state index in [0.29, 0.717) is 17.9 Å². The molecule has 0 aromatic heterocycles. The monoisotopic (exact) mass is 290 g/mol. The van der Waals surface area contributed by atoms with Gasteiger partial charge in [-0.2, -0.15) is 0 Å². The van der Waals surface area contributed by atoms with Crippen LogP contribution >= 0.6 is 0 Å². The van der Waals surface area contributed by atoms with E-state index < -0.39 is 0 Å². The lowest BCUT2D eigenvalue weighted by Crippen LogP contribution is -2.48. The minimum Gasteiger partial charge on any atom is -0.398 e. The fourth-order valence-electron chi connectivity index (χ4n) is 3.06. The molecule has 2 rings (SSSR count). The second kappa shape index (κ2) is 6.48. The third kappa shape index (κ3) is 3.38. The molecule has 0 aliphatic carbocycles. The number of anilines is 1. The molecule has 1 atom stereocenters. The zero-order chi connectivity index (χ0) is 15.5. The number of ether oxygens (including phenoxy) is 1. The lowest BCUT2D eigenvalue weighted by molar-refractivity contribution is -0.0917. The smallest absolute Gasteiger partial charge is 0.251 e. The molecule has 4 nitrogen and oxygen atoms in total. The van der Waals surface area contributed by atoms with Crippen LogP contribution in [0.5, 0.6) is 0 Å². The molecule has 1 aliphatic rings. The summed E-state index contributed by atoms with van der Waals surface area (Å²) in [4.78, 5) is 12.5. The van der Waals surface area contributed by atoms with Crippen LogP contribution in [-0.2, 0) is 4.74 Å². The lowest BCUT2D eigenvalue weighted by Gasteiger charge is -2.40. The zero-order valence-electron chi connectivity index (χ0n) is 13.2. The maximum atomic E-state index is 12.5. The minimum atomic E-state index is -0.0824. The fraction of sp³-hybridized carbons (Fsp3) is 0.588. The zero-order valence-corrected chi connectivity index (χ0v) is 13.2. The number of rotatable bonds is 4. The fourth-order valence-corrected chi connectivity index (χ4v) is 3.06. The Labute approximate surface area is 127 Å². The van der Waals surface area contributed by atoms with Crippen LogP contribution in [0, 0.1) is 6.92 Å². The van der Waals surface area contributed by atoms with Gasteiger partial charge in [0.05, 0.1) is 5.60 Å². The van der Waals surface area contributed by atoms with Gasteiger partial charge >= 0.3 is 0 Å². The van der Waals surface area contributed by atoms with Crippen molar-refractivity contribution in [3.8, 4) is 0 Å². The summed E-state index contributed by atoms with van der Waals surface area (Å²) in [5.74, 6) is -0.0344. The molecular weight excluding hydrogens is 264 g/mol. The Balaban J connectivity index is 2.07. The van der Waals surface area contributed by atoms with E-state index in [4.69, 9.17) is 10.5 Å². The molecule has 1 aromatic rings. The molecule has 0 radical (unpaired) electrons. The quantitative estimate of drug-likeness (QED) is 0.838. The molecule has 1 fully saturated rings. The molecular formula is C17H26N2O2. The highest BCUT2D eigenvalue weighted by atomic mass is 16.5. The molecule has 1 aliphatic heterocycles. The minimum absolute atomic E-state index is 0.0344. The Kier molecular flexibility index (Phi) is 4.88. The third-order valence-corrected chi connectivity index (χ3v) is 4.74. The first-order valence-electron chi connectivity index (χ1n) is 7.81. The predicted octanol–water partition coefficient (Wildman–Crippen LogP) is 3.04. The highest BCUT2D eigenvalue weighted by Gasteiger charge is 2.35. The van der Waals surface area contributed by atoms with Crippen molar-refractivity contribution in [3.05, 3.63) is 29.3 Å². The van der Waals surface area contributed by atoms with Crippen LogP contribution in [0.2, 0.25) is 0 Å². The van der Waals surface area contributed by atoms with Crippen molar-refractivity contribution in [2.75, 3.05) is 12.3 Å². The van der Waals surface area contributed by atoms with E-state index >= 15 is 0 Å². The number of hydrogen-bond donors (Lipinski definition) is 2. The molecule has 1 saturated heterocycles. The Hall–Kier alpha value is -1.55. The Morgan fingerprint density at radius 3 is 2.81 bits per heavy atom. The van der Waals surface area contributed by atoms with Crippen molar-refractivity contribution < 1.29 is 9.53 Å². The Morgan fingerprint density at radius 2 is 2.14 bits per heavy atom. The molecule has 1 aromatic carbocycles. The molecule has 1 amide bonds. The van der Waals surface area contributed by atoms with Gasteiger partial charge < -0.3 is 15.8 Å². The van der Waals surface area contributed by atoms with E-state index in [0.717, 1.165) is 31.2 Å². The maximum absolute atomic E-state index is 12.5. The van der Waals surface area contributed by atoms with Gasteiger partial charge in [-0.15, -0.1) is 0 Å². The van der Waals surface area contributed by atoms with Gasteiger partial charge in [0.15, 0.2) is 0 Å². The van der Waals surface area contributed by atoms with E-state index in [1.165, 1.54) is 0 Å². The maximum Gasteiger partial charge on any atom is 0.251 e. The lowest BCUT2D eigenvalue weighted by atomic mass is 9.86. The van der Waals surface area contributed by atoms with E-state index in [-0.39, 0.29) is 17.6 Å². The summed E-state index contributed by atoms with van der Waals surface area (Å²) in [5.41, 5.74) is 7.97. The van der Waals surface area contributed by atoms with Crippen molar-refractivity contribution >= 4 is 11.6 Å². The van der Waals surface area contributed by atoms with Crippen LogP contribution in [0.15, 0.2) is 18.2 Å². The highest BCUT2D eigenvalue weighted by Crippen LogP contribution is 2.31. The van der Waals surface area contributed by atoms with Crippen LogP contribution in [0.3, 0.4) is 0 Å². The van der Waals surface area contributed by atoms with E-state index in [1.807, 2.05) is 25.1 Å². The highest BCUT2D eigenvalue weighted by molar-refractivity contribution is 5.97. The normalized spacial score (nSPS) is 21.0. The van der Waals surface area contributed by atoms with Crippen LogP contribution in [0.25, 0.3) is 0 Å². The number of carbonyl (C=O) groups is 1. The topological polar surface area (TPSA) is 64.4 Å². The second-order valence-corrected chi connectivity index (χ2v) is 5.92. The van der Waals surface area contributed by atoms with Crippen molar-refractivity contribution in [1.29, 1.82) is 0 Å². The largest absolute Gasteiger partial charge is 0.398 e. The van der Waals surface area contributed by atoms with Gasteiger partial charge in [0.1, 0.15) is 0 Å². The van der Waals surface area contributed by atoms with Crippen molar-refractivity contribution in [3.63, 3.8) is 0 Å². The van der Waals surface area contributed by atoms with Crippen LogP contribution in [-0.4, -0.2) is 24.2 Å². The third-order valence-electron chi connectivity index (χ3n) is 4.74. The number of carbonyl (C=O) groups excluding carboxylic acids is 1. The summed E-state index contributed by atoms with van der Waals surface area (Å²) >= 11 is 0. The van der Waals surface area contributed by atoms with Gasteiger partial charge in [-0.05, 0) is 50.3 Å². The van der Waals surface area contributed by atoms with Crippen molar-refractivity contribution in [2.45, 2.75) is 58.1 Å². The molecule has 0 bridgehead atoms. The molecule has 0 saturated carbocycles. The van der Waals surface area contributed by atoms with Crippen LogP contribution < -0.4 is 11.1 Å². The molecule has 1 unspecified atom stereocenters. The first-order chi connectivity index (χ1) is 10.0. The van der Waals surface area contributed by atoms with E-state index in [2.05, 4.69) is 19.2 Å². The number of nitrogens with one attached hydrogen (secondary N) is 1. The van der Waals surface area contributed by atoms with Crippen LogP contribution in [0.4, 0.5) is 5.69 Å². The summed E-state index contributed by atoms with van der Waals surface area (Å²) in [6.07, 6.45) is 3.71. The number of nitrogens with two attached hydrogens (primary N) is 1. The summed E-state index contributed by atoms with van der Waals surface area (Å²) in [6, 6.07) is 5.64. The SMILES string of the molecule is CCC1(CC)CC(NC(=O)c2cccc(N)c2C)CCO1. The van der Waals surface area contributed by atoms with Gasteiger partial charge in [-0.1, -0.05) is 19.9 Å². The molecule has 0 spiro atoms. The Morgan fingerprint density at radius 1 is 1.43 bits per heavy atom. The van der Waals surface area contributed by atoms with Gasteiger partial charge in [-0.3, -0.25) is 4.79 Å². The first-order valence-corrected chi connectivity index (χ1v) is 7.81. The molecule has 3 N–H and O–H groups in total. The van der Waals surface area contributed by atoms with E-state index in [1.54, 1.807) is 0 Å². The number of nitrogen functional groups attached to an aromatic ring is 1. The average Bonchev–Trinajstić information content (AvgIpc) is 2.50. The van der Waals surface area contributed by atoms with Gasteiger partial charge in [0, 0.05) is 23.9 Å². The van der Waals surface area contributed by atoms with Crippen molar-refractivity contribution in [1.82, 2.24) is 5.32 Å². The molecule has 116 valence electrons. The van der Waals surface area contributed by atoms with Gasteiger partial charge in [0.2, 0.25) is 0 Å². The van der Waals surface area contributed by atoms with Gasteiger partial charge in [0.25, 0.3) is 5.91 Å². The van der Waals surface area contributed by atoms with Gasteiger partial charge in [-0.25, -0.2) is 0 Å². The number of benzene rings is 1. The number of hydrogen-bond acceptors (Lipinski definition) is 3. The number of amides is 1.